The lowest BCUT2D eigenvalue weighted by atomic mass is 10.1. The van der Waals surface area contributed by atoms with E-state index in [1.807, 2.05) is 6.92 Å². The number of nitrogens with one attached hydrogen (secondary N) is 1. The number of aryl methyl sites for hydroxylation is 2. The summed E-state index contributed by atoms with van der Waals surface area (Å²) < 4.78 is 6.05. The third-order valence-electron chi connectivity index (χ3n) is 3.25. The molecule has 1 aromatic rings. The maximum absolute atomic E-state index is 6.05. The molecule has 0 saturated carbocycles. The van der Waals surface area contributed by atoms with Crippen LogP contribution in [0.1, 0.15) is 23.6 Å². The van der Waals surface area contributed by atoms with Crippen molar-refractivity contribution in [3.63, 3.8) is 0 Å². The van der Waals surface area contributed by atoms with Crippen molar-refractivity contribution in [3.8, 4) is 5.75 Å². The van der Waals surface area contributed by atoms with Gasteiger partial charge in [0.15, 0.2) is 6.10 Å². The summed E-state index contributed by atoms with van der Waals surface area (Å²) in [6.07, 6.45) is -0.00306. The molecular weight excluding hydrogens is 212 g/mol. The number of amidine groups is 1. The van der Waals surface area contributed by atoms with Gasteiger partial charge in [-0.15, -0.1) is 0 Å². The fraction of sp³-hybridized carbons (Fsp3) is 0.500. The van der Waals surface area contributed by atoms with E-state index in [4.69, 9.17) is 4.74 Å². The number of nitrogens with zero attached hydrogens (tertiary/aromatic N) is 1. The highest BCUT2D eigenvalue weighted by atomic mass is 16.5. The molecular formula is C14H20N2O. The lowest BCUT2D eigenvalue weighted by molar-refractivity contribution is 0.280. The van der Waals surface area contributed by atoms with Crippen molar-refractivity contribution in [2.75, 3.05) is 13.1 Å². The zero-order valence-electron chi connectivity index (χ0n) is 11.0. The van der Waals surface area contributed by atoms with Crippen LogP contribution in [0.5, 0.6) is 5.75 Å². The summed E-state index contributed by atoms with van der Waals surface area (Å²) in [6.45, 7) is 10.1. The second kappa shape index (κ2) is 4.78. The highest BCUT2D eigenvalue weighted by Crippen LogP contribution is 2.26. The molecule has 92 valence electrons. The smallest absolute Gasteiger partial charge is 0.152 e. The number of hydrogen-bond donors (Lipinski definition) is 1. The number of hydrogen-bond acceptors (Lipinski definition) is 3. The standard InChI is InChI=1S/C14H20N2O/c1-9-5-6-10(2)13(11(9)3)17-12(4)14-15-7-8-16-14/h5-6,12H,7-8H2,1-4H3,(H,15,16). The molecule has 0 amide bonds. The molecule has 0 fully saturated rings. The second-order valence-electron chi connectivity index (χ2n) is 4.61. The first-order valence-electron chi connectivity index (χ1n) is 6.11. The van der Waals surface area contributed by atoms with E-state index in [0.717, 1.165) is 24.7 Å². The van der Waals surface area contributed by atoms with Gasteiger partial charge in [-0.3, -0.25) is 4.99 Å². The van der Waals surface area contributed by atoms with E-state index in [1.54, 1.807) is 0 Å². The largest absolute Gasteiger partial charge is 0.482 e. The first kappa shape index (κ1) is 12.0. The van der Waals surface area contributed by atoms with Crippen molar-refractivity contribution in [3.05, 3.63) is 28.8 Å². The quantitative estimate of drug-likeness (QED) is 0.868. The van der Waals surface area contributed by atoms with E-state index < -0.39 is 0 Å². The number of benzene rings is 1. The summed E-state index contributed by atoms with van der Waals surface area (Å²) in [7, 11) is 0. The summed E-state index contributed by atoms with van der Waals surface area (Å²) in [5.41, 5.74) is 3.66. The number of ether oxygens (including phenoxy) is 1. The molecule has 1 aromatic carbocycles. The van der Waals surface area contributed by atoms with Gasteiger partial charge in [-0.2, -0.15) is 0 Å². The summed E-state index contributed by atoms with van der Waals surface area (Å²) in [5.74, 6) is 1.96. The van der Waals surface area contributed by atoms with E-state index in [2.05, 4.69) is 43.2 Å². The number of aliphatic imine (C=N–C) groups is 1. The molecule has 0 aliphatic carbocycles. The maximum Gasteiger partial charge on any atom is 0.152 e. The van der Waals surface area contributed by atoms with Crippen molar-refractivity contribution < 1.29 is 4.74 Å². The molecule has 0 radical (unpaired) electrons. The van der Waals surface area contributed by atoms with Crippen LogP contribution in [-0.2, 0) is 0 Å². The first-order chi connectivity index (χ1) is 8.09. The molecule has 17 heavy (non-hydrogen) atoms. The third-order valence-corrected chi connectivity index (χ3v) is 3.25. The minimum Gasteiger partial charge on any atom is -0.482 e. The first-order valence-corrected chi connectivity index (χ1v) is 6.11. The summed E-state index contributed by atoms with van der Waals surface area (Å²) in [5, 5.41) is 3.26. The molecule has 1 aliphatic heterocycles. The van der Waals surface area contributed by atoms with Gasteiger partial charge in [0.1, 0.15) is 11.6 Å². The van der Waals surface area contributed by atoms with Crippen molar-refractivity contribution in [1.82, 2.24) is 5.32 Å². The van der Waals surface area contributed by atoms with Crippen LogP contribution in [0, 0.1) is 20.8 Å². The average molecular weight is 232 g/mol. The van der Waals surface area contributed by atoms with Gasteiger partial charge in [0, 0.05) is 6.54 Å². The van der Waals surface area contributed by atoms with Crippen LogP contribution in [0.3, 0.4) is 0 Å². The van der Waals surface area contributed by atoms with Crippen molar-refractivity contribution in [1.29, 1.82) is 0 Å². The lowest BCUT2D eigenvalue weighted by Crippen LogP contribution is -2.33. The molecule has 3 nitrogen and oxygen atoms in total. The highest BCUT2D eigenvalue weighted by molar-refractivity contribution is 5.87. The van der Waals surface area contributed by atoms with Crippen molar-refractivity contribution >= 4 is 5.84 Å². The summed E-state index contributed by atoms with van der Waals surface area (Å²) in [4.78, 5) is 4.39. The van der Waals surface area contributed by atoms with Crippen molar-refractivity contribution in [2.24, 2.45) is 4.99 Å². The molecule has 0 spiro atoms. The van der Waals surface area contributed by atoms with Gasteiger partial charge in [0.05, 0.1) is 6.54 Å². The predicted octanol–water partition coefficient (Wildman–Crippen LogP) is 2.38. The van der Waals surface area contributed by atoms with E-state index in [9.17, 15) is 0 Å². The van der Waals surface area contributed by atoms with Crippen LogP contribution < -0.4 is 10.1 Å². The van der Waals surface area contributed by atoms with E-state index in [1.165, 1.54) is 16.7 Å². The molecule has 1 aliphatic rings. The Bertz CT molecular complexity index is 452. The minimum absolute atomic E-state index is 0.00306. The second-order valence-corrected chi connectivity index (χ2v) is 4.61. The Labute approximate surface area is 103 Å². The predicted molar refractivity (Wildman–Crippen MR) is 71.0 cm³/mol. The van der Waals surface area contributed by atoms with E-state index in [-0.39, 0.29) is 6.10 Å². The molecule has 0 aromatic heterocycles. The molecule has 1 N–H and O–H groups in total. The van der Waals surface area contributed by atoms with Crippen LogP contribution in [0.25, 0.3) is 0 Å². The van der Waals surface area contributed by atoms with Crippen LogP contribution >= 0.6 is 0 Å². The normalized spacial score (nSPS) is 16.4. The topological polar surface area (TPSA) is 33.6 Å². The SMILES string of the molecule is Cc1ccc(C)c(OC(C)C2=NCCN2)c1C. The molecule has 1 atom stereocenters. The molecule has 1 unspecified atom stereocenters. The van der Waals surface area contributed by atoms with Crippen LogP contribution in [0.2, 0.25) is 0 Å². The summed E-state index contributed by atoms with van der Waals surface area (Å²) in [6, 6.07) is 4.24. The molecule has 2 rings (SSSR count). The average Bonchev–Trinajstić information content (AvgIpc) is 2.83. The Morgan fingerprint density at radius 1 is 1.24 bits per heavy atom. The fourth-order valence-electron chi connectivity index (χ4n) is 2.03. The monoisotopic (exact) mass is 232 g/mol. The van der Waals surface area contributed by atoms with Crippen LogP contribution in [-0.4, -0.2) is 25.0 Å². The van der Waals surface area contributed by atoms with Gasteiger partial charge in [-0.25, -0.2) is 0 Å². The third kappa shape index (κ3) is 2.43. The zero-order valence-corrected chi connectivity index (χ0v) is 11.0. The zero-order chi connectivity index (χ0) is 12.4. The van der Waals surface area contributed by atoms with Crippen molar-refractivity contribution in [2.45, 2.75) is 33.8 Å². The van der Waals surface area contributed by atoms with Crippen LogP contribution in [0.4, 0.5) is 0 Å². The van der Waals surface area contributed by atoms with Gasteiger partial charge >= 0.3 is 0 Å². The Morgan fingerprint density at radius 2 is 1.94 bits per heavy atom. The minimum atomic E-state index is -0.00306. The summed E-state index contributed by atoms with van der Waals surface area (Å²) >= 11 is 0. The van der Waals surface area contributed by atoms with Gasteiger partial charge < -0.3 is 10.1 Å². The number of rotatable bonds is 3. The van der Waals surface area contributed by atoms with Gasteiger partial charge in [-0.05, 0) is 44.4 Å². The van der Waals surface area contributed by atoms with E-state index in [0.29, 0.717) is 0 Å². The Morgan fingerprint density at radius 3 is 2.59 bits per heavy atom. The Hall–Kier alpha value is -1.51. The van der Waals surface area contributed by atoms with Gasteiger partial charge in [-0.1, -0.05) is 12.1 Å². The van der Waals surface area contributed by atoms with Gasteiger partial charge in [0.25, 0.3) is 0 Å². The van der Waals surface area contributed by atoms with Crippen LogP contribution in [0.15, 0.2) is 17.1 Å². The fourth-order valence-corrected chi connectivity index (χ4v) is 2.03. The lowest BCUT2D eigenvalue weighted by Gasteiger charge is -2.19. The van der Waals surface area contributed by atoms with E-state index >= 15 is 0 Å². The Balaban J connectivity index is 2.20. The molecule has 3 heteroatoms. The molecule has 0 saturated heterocycles. The maximum atomic E-state index is 6.05. The highest BCUT2D eigenvalue weighted by Gasteiger charge is 2.17. The molecule has 0 bridgehead atoms. The van der Waals surface area contributed by atoms with Gasteiger partial charge in [0.2, 0.25) is 0 Å². The molecule has 1 heterocycles. The Kier molecular flexibility index (Phi) is 3.36.